The van der Waals surface area contributed by atoms with Crippen LogP contribution in [-0.2, 0) is 0 Å². The molecule has 3 heteroatoms. The minimum atomic E-state index is 0.457. The number of nitrogens with zero attached hydrogens (tertiary/aromatic N) is 1. The summed E-state index contributed by atoms with van der Waals surface area (Å²) < 4.78 is 0. The Morgan fingerprint density at radius 3 is 2.25 bits per heavy atom. The van der Waals surface area contributed by atoms with Crippen LogP contribution in [0.1, 0.15) is 47.0 Å². The van der Waals surface area contributed by atoms with Crippen molar-refractivity contribution < 1.29 is 0 Å². The molecule has 0 aromatic rings. The first-order chi connectivity index (χ1) is 7.30. The summed E-state index contributed by atoms with van der Waals surface area (Å²) in [5.41, 5.74) is 6.06. The summed E-state index contributed by atoms with van der Waals surface area (Å²) in [7, 11) is 0. The van der Waals surface area contributed by atoms with Crippen molar-refractivity contribution in [1.29, 1.82) is 0 Å². The van der Waals surface area contributed by atoms with Crippen LogP contribution in [0, 0.1) is 11.3 Å². The Bertz CT molecular complexity index is 237. The normalized spacial score (nSPS) is 22.0. The lowest BCUT2D eigenvalue weighted by Crippen LogP contribution is -2.43. The maximum Gasteiger partial charge on any atom is 0.0742 e. The summed E-state index contributed by atoms with van der Waals surface area (Å²) in [4.78, 5) is 3.17. The first-order valence-electron chi connectivity index (χ1n) is 6.33. The SMILES string of the molecule is CC(CC(N)=S)N1CCC(C(C)(C)C)CC1. The Kier molecular flexibility index (Phi) is 4.74. The van der Waals surface area contributed by atoms with Gasteiger partial charge in [0, 0.05) is 12.5 Å². The van der Waals surface area contributed by atoms with E-state index in [1.54, 1.807) is 0 Å². The van der Waals surface area contributed by atoms with Gasteiger partial charge in [-0.2, -0.15) is 0 Å². The lowest BCUT2D eigenvalue weighted by molar-refractivity contribution is 0.0898. The molecule has 1 unspecified atom stereocenters. The molecular formula is C13H26N2S. The van der Waals surface area contributed by atoms with Crippen LogP contribution in [0.3, 0.4) is 0 Å². The second-order valence-corrected chi connectivity index (χ2v) is 6.72. The highest BCUT2D eigenvalue weighted by molar-refractivity contribution is 7.80. The first-order valence-corrected chi connectivity index (χ1v) is 6.74. The van der Waals surface area contributed by atoms with Crippen LogP contribution in [0.2, 0.25) is 0 Å². The smallest absolute Gasteiger partial charge is 0.0742 e. The number of likely N-dealkylation sites (tertiary alicyclic amines) is 1. The van der Waals surface area contributed by atoms with Crippen molar-refractivity contribution >= 4 is 17.2 Å². The zero-order valence-electron chi connectivity index (χ0n) is 11.1. The summed E-state index contributed by atoms with van der Waals surface area (Å²) in [6.45, 7) is 11.7. The van der Waals surface area contributed by atoms with Crippen molar-refractivity contribution in [3.05, 3.63) is 0 Å². The van der Waals surface area contributed by atoms with E-state index in [-0.39, 0.29) is 0 Å². The van der Waals surface area contributed by atoms with Gasteiger partial charge in [-0.05, 0) is 44.2 Å². The predicted octanol–water partition coefficient (Wildman–Crippen LogP) is 2.81. The lowest BCUT2D eigenvalue weighted by Gasteiger charge is -2.41. The minimum absolute atomic E-state index is 0.457. The van der Waals surface area contributed by atoms with E-state index in [0.717, 1.165) is 12.3 Å². The molecule has 1 saturated heterocycles. The molecule has 0 amide bonds. The molecule has 2 N–H and O–H groups in total. The molecule has 1 fully saturated rings. The molecule has 0 spiro atoms. The van der Waals surface area contributed by atoms with Crippen molar-refractivity contribution in [3.63, 3.8) is 0 Å². The molecule has 0 radical (unpaired) electrons. The minimum Gasteiger partial charge on any atom is -0.393 e. The van der Waals surface area contributed by atoms with E-state index < -0.39 is 0 Å². The van der Waals surface area contributed by atoms with Crippen LogP contribution in [0.5, 0.6) is 0 Å². The van der Waals surface area contributed by atoms with Gasteiger partial charge in [0.05, 0.1) is 4.99 Å². The van der Waals surface area contributed by atoms with Gasteiger partial charge in [0.1, 0.15) is 0 Å². The standard InChI is InChI=1S/C13H26N2S/c1-10(9-12(14)16)15-7-5-11(6-8-15)13(2,3)4/h10-11H,5-9H2,1-4H3,(H2,14,16). The summed E-state index contributed by atoms with van der Waals surface area (Å²) in [6, 6.07) is 0.512. The van der Waals surface area contributed by atoms with Crippen molar-refractivity contribution in [2.45, 2.75) is 53.0 Å². The Morgan fingerprint density at radius 2 is 1.88 bits per heavy atom. The molecule has 0 aliphatic carbocycles. The summed E-state index contributed by atoms with van der Waals surface area (Å²) in [5.74, 6) is 0.862. The van der Waals surface area contributed by atoms with Gasteiger partial charge in [0.15, 0.2) is 0 Å². The molecule has 1 aliphatic heterocycles. The molecule has 1 aliphatic rings. The number of piperidine rings is 1. The van der Waals surface area contributed by atoms with E-state index >= 15 is 0 Å². The van der Waals surface area contributed by atoms with Crippen LogP contribution in [0.25, 0.3) is 0 Å². The zero-order chi connectivity index (χ0) is 12.3. The molecule has 16 heavy (non-hydrogen) atoms. The average Bonchev–Trinajstić information content (AvgIpc) is 2.15. The van der Waals surface area contributed by atoms with E-state index in [2.05, 4.69) is 32.6 Å². The van der Waals surface area contributed by atoms with Gasteiger partial charge in [-0.25, -0.2) is 0 Å². The average molecular weight is 242 g/mol. The molecule has 1 heterocycles. The Labute approximate surface area is 106 Å². The summed E-state index contributed by atoms with van der Waals surface area (Å²) in [5, 5.41) is 0. The van der Waals surface area contributed by atoms with Crippen LogP contribution < -0.4 is 5.73 Å². The summed E-state index contributed by atoms with van der Waals surface area (Å²) >= 11 is 4.97. The quantitative estimate of drug-likeness (QED) is 0.772. The number of hydrogen-bond acceptors (Lipinski definition) is 2. The maximum atomic E-state index is 5.60. The molecule has 1 rings (SSSR count). The van der Waals surface area contributed by atoms with Crippen LogP contribution in [-0.4, -0.2) is 29.0 Å². The molecule has 1 atom stereocenters. The number of hydrogen-bond donors (Lipinski definition) is 1. The van der Waals surface area contributed by atoms with Crippen molar-refractivity contribution in [3.8, 4) is 0 Å². The van der Waals surface area contributed by atoms with E-state index in [1.165, 1.54) is 25.9 Å². The highest BCUT2D eigenvalue weighted by Gasteiger charge is 2.30. The Morgan fingerprint density at radius 1 is 1.38 bits per heavy atom. The van der Waals surface area contributed by atoms with Crippen LogP contribution >= 0.6 is 12.2 Å². The van der Waals surface area contributed by atoms with Crippen molar-refractivity contribution in [1.82, 2.24) is 4.90 Å². The van der Waals surface area contributed by atoms with Gasteiger partial charge in [0.2, 0.25) is 0 Å². The van der Waals surface area contributed by atoms with E-state index in [4.69, 9.17) is 18.0 Å². The first kappa shape index (κ1) is 13.9. The zero-order valence-corrected chi connectivity index (χ0v) is 11.9. The topological polar surface area (TPSA) is 29.3 Å². The van der Waals surface area contributed by atoms with Gasteiger partial charge >= 0.3 is 0 Å². The fourth-order valence-electron chi connectivity index (χ4n) is 2.63. The molecular weight excluding hydrogens is 216 g/mol. The monoisotopic (exact) mass is 242 g/mol. The summed E-state index contributed by atoms with van der Waals surface area (Å²) in [6.07, 6.45) is 3.48. The van der Waals surface area contributed by atoms with Gasteiger partial charge in [-0.3, -0.25) is 0 Å². The second kappa shape index (κ2) is 5.46. The predicted molar refractivity (Wildman–Crippen MR) is 74.6 cm³/mol. The number of rotatable bonds is 3. The fraction of sp³-hybridized carbons (Fsp3) is 0.923. The maximum absolute atomic E-state index is 5.60. The highest BCUT2D eigenvalue weighted by Crippen LogP contribution is 2.34. The van der Waals surface area contributed by atoms with Gasteiger partial charge in [-0.1, -0.05) is 33.0 Å². The van der Waals surface area contributed by atoms with Gasteiger partial charge < -0.3 is 10.6 Å². The van der Waals surface area contributed by atoms with Crippen LogP contribution in [0.15, 0.2) is 0 Å². The molecule has 0 aromatic heterocycles. The number of nitrogens with two attached hydrogens (primary N) is 1. The molecule has 0 aromatic carbocycles. The Hall–Kier alpha value is -0.150. The second-order valence-electron chi connectivity index (χ2n) is 6.20. The molecule has 94 valence electrons. The molecule has 0 bridgehead atoms. The van der Waals surface area contributed by atoms with Gasteiger partial charge in [0.25, 0.3) is 0 Å². The van der Waals surface area contributed by atoms with Crippen molar-refractivity contribution in [2.24, 2.45) is 17.1 Å². The largest absolute Gasteiger partial charge is 0.393 e. The lowest BCUT2D eigenvalue weighted by atomic mass is 9.75. The fourth-order valence-corrected chi connectivity index (χ4v) is 2.87. The third-order valence-corrected chi connectivity index (χ3v) is 4.04. The van der Waals surface area contributed by atoms with E-state index in [0.29, 0.717) is 16.4 Å². The van der Waals surface area contributed by atoms with Gasteiger partial charge in [-0.15, -0.1) is 0 Å². The third-order valence-electron chi connectivity index (χ3n) is 3.87. The number of thiocarbonyl (C=S) groups is 1. The molecule has 2 nitrogen and oxygen atoms in total. The Balaban J connectivity index is 2.40. The highest BCUT2D eigenvalue weighted by atomic mass is 32.1. The van der Waals surface area contributed by atoms with Crippen LogP contribution in [0.4, 0.5) is 0 Å². The molecule has 0 saturated carbocycles. The van der Waals surface area contributed by atoms with E-state index in [1.807, 2.05) is 0 Å². The third kappa shape index (κ3) is 4.02. The van der Waals surface area contributed by atoms with E-state index in [9.17, 15) is 0 Å². The van der Waals surface area contributed by atoms with Crippen molar-refractivity contribution in [2.75, 3.05) is 13.1 Å².